The molecule has 0 radical (unpaired) electrons. The predicted octanol–water partition coefficient (Wildman–Crippen LogP) is 8.42. The van der Waals surface area contributed by atoms with E-state index in [1.54, 1.807) is 0 Å². The van der Waals surface area contributed by atoms with Gasteiger partial charge in [-0.25, -0.2) is 0 Å². The van der Waals surface area contributed by atoms with Crippen molar-refractivity contribution in [3.05, 3.63) is 35.9 Å². The van der Waals surface area contributed by atoms with Crippen LogP contribution >= 0.6 is 8.60 Å². The molecule has 1 aromatic carbocycles. The molecule has 3 unspecified atom stereocenters. The van der Waals surface area contributed by atoms with Gasteiger partial charge in [-0.15, -0.1) is 0 Å². The third-order valence-electron chi connectivity index (χ3n) is 7.02. The Kier molecular flexibility index (Phi) is 22.5. The summed E-state index contributed by atoms with van der Waals surface area (Å²) in [5.41, 5.74) is 1.10. The van der Waals surface area contributed by atoms with Crippen LogP contribution in [0.4, 0.5) is 0 Å². The number of nitrogens with zero attached hydrogens (tertiary/aromatic N) is 1. The molecule has 1 N–H and O–H groups in total. The molecule has 1 rings (SSSR count). The molecule has 0 heterocycles. The van der Waals surface area contributed by atoms with Crippen molar-refractivity contribution in [2.45, 2.75) is 123 Å². The van der Waals surface area contributed by atoms with Crippen LogP contribution in [0.15, 0.2) is 30.3 Å². The van der Waals surface area contributed by atoms with E-state index < -0.39 is 8.60 Å². The predicted molar refractivity (Wildman–Crippen MR) is 165 cm³/mol. The number of benzene rings is 1. The molecule has 39 heavy (non-hydrogen) atoms. The molecule has 0 saturated heterocycles. The van der Waals surface area contributed by atoms with Gasteiger partial charge in [-0.1, -0.05) is 121 Å². The Bertz CT molecular complexity index is 658. The summed E-state index contributed by atoms with van der Waals surface area (Å²) in [6.07, 6.45) is 18.5. The van der Waals surface area contributed by atoms with Gasteiger partial charge in [0.1, 0.15) is 19.3 Å². The SMILES string of the molecule is CCCCCCCCCCCCCCCCOC(C)C(COP(O)OCC[N+](C)(C)C)OCc1ccccc1. The Labute approximate surface area is 242 Å². The lowest BCUT2D eigenvalue weighted by Gasteiger charge is -2.26. The lowest BCUT2D eigenvalue weighted by atomic mass is 10.0. The maximum Gasteiger partial charge on any atom is 0.330 e. The van der Waals surface area contributed by atoms with Crippen molar-refractivity contribution in [3.8, 4) is 0 Å². The molecule has 1 aromatic rings. The van der Waals surface area contributed by atoms with Crippen LogP contribution in [0.3, 0.4) is 0 Å². The van der Waals surface area contributed by atoms with Gasteiger partial charge in [0, 0.05) is 6.61 Å². The molecule has 0 aliphatic rings. The molecule has 7 heteroatoms. The number of hydrogen-bond donors (Lipinski definition) is 1. The lowest BCUT2D eigenvalue weighted by Crippen LogP contribution is -2.37. The zero-order chi connectivity index (χ0) is 28.6. The number of hydrogen-bond acceptors (Lipinski definition) is 5. The monoisotopic (exact) mass is 570 g/mol. The lowest BCUT2D eigenvalue weighted by molar-refractivity contribution is -0.870. The fourth-order valence-electron chi connectivity index (χ4n) is 4.34. The van der Waals surface area contributed by atoms with E-state index in [9.17, 15) is 4.89 Å². The zero-order valence-electron chi connectivity index (χ0n) is 26.0. The summed E-state index contributed by atoms with van der Waals surface area (Å²) in [6, 6.07) is 10.1. The Morgan fingerprint density at radius 2 is 1.26 bits per heavy atom. The normalized spacial score (nSPS) is 14.4. The molecule has 6 nitrogen and oxygen atoms in total. The summed E-state index contributed by atoms with van der Waals surface area (Å²) >= 11 is 0. The first-order valence-corrected chi connectivity index (χ1v) is 16.8. The maximum absolute atomic E-state index is 10.2. The molecule has 0 aliphatic carbocycles. The smallest absolute Gasteiger partial charge is 0.330 e. The van der Waals surface area contributed by atoms with Crippen molar-refractivity contribution in [2.24, 2.45) is 0 Å². The first-order chi connectivity index (χ1) is 18.8. The van der Waals surface area contributed by atoms with Crippen molar-refractivity contribution in [3.63, 3.8) is 0 Å². The number of unbranched alkanes of at least 4 members (excludes halogenated alkanes) is 13. The van der Waals surface area contributed by atoms with Crippen molar-refractivity contribution in [1.29, 1.82) is 0 Å². The van der Waals surface area contributed by atoms with Crippen LogP contribution in [0.1, 0.15) is 109 Å². The Hall–Kier alpha value is -0.590. The topological polar surface area (TPSA) is 57.2 Å². The molecular formula is C32H61NO5P+. The number of rotatable bonds is 27. The number of likely N-dealkylation sites (N-methyl/N-ethyl adjacent to an activating group) is 1. The number of quaternary nitrogens is 1. The molecular weight excluding hydrogens is 509 g/mol. The highest BCUT2D eigenvalue weighted by Gasteiger charge is 2.22. The van der Waals surface area contributed by atoms with Gasteiger partial charge in [-0.2, -0.15) is 0 Å². The largest absolute Gasteiger partial charge is 0.376 e. The van der Waals surface area contributed by atoms with Gasteiger partial charge >= 0.3 is 8.60 Å². The molecule has 0 aliphatic heterocycles. The molecule has 0 saturated carbocycles. The first-order valence-electron chi connectivity index (χ1n) is 15.6. The Morgan fingerprint density at radius 1 is 0.718 bits per heavy atom. The van der Waals surface area contributed by atoms with E-state index >= 15 is 0 Å². The molecule has 228 valence electrons. The van der Waals surface area contributed by atoms with Gasteiger partial charge in [-0.05, 0) is 18.9 Å². The summed E-state index contributed by atoms with van der Waals surface area (Å²) in [5, 5.41) is 0. The van der Waals surface area contributed by atoms with Gasteiger partial charge < -0.3 is 27.9 Å². The van der Waals surface area contributed by atoms with E-state index in [-0.39, 0.29) is 18.8 Å². The molecule has 0 aromatic heterocycles. The summed E-state index contributed by atoms with van der Waals surface area (Å²) in [5.74, 6) is 0. The van der Waals surface area contributed by atoms with E-state index in [2.05, 4.69) is 28.1 Å². The fourth-order valence-corrected chi connectivity index (χ4v) is 4.92. The fraction of sp³-hybridized carbons (Fsp3) is 0.812. The van der Waals surface area contributed by atoms with Crippen LogP contribution in [0.2, 0.25) is 0 Å². The zero-order valence-corrected chi connectivity index (χ0v) is 26.8. The maximum atomic E-state index is 10.2. The second-order valence-electron chi connectivity index (χ2n) is 11.9. The van der Waals surface area contributed by atoms with Crippen LogP contribution in [0.25, 0.3) is 0 Å². The summed E-state index contributed by atoms with van der Waals surface area (Å²) < 4.78 is 24.2. The quantitative estimate of drug-likeness (QED) is 0.0654. The average Bonchev–Trinajstić information content (AvgIpc) is 2.90. The molecule has 0 fully saturated rings. The van der Waals surface area contributed by atoms with Crippen molar-refractivity contribution < 1.29 is 27.9 Å². The van der Waals surface area contributed by atoms with E-state index in [1.165, 1.54) is 83.5 Å². The van der Waals surface area contributed by atoms with Gasteiger partial charge in [-0.3, -0.25) is 0 Å². The molecule has 0 spiro atoms. The molecule has 0 amide bonds. The van der Waals surface area contributed by atoms with Gasteiger partial charge in [0.15, 0.2) is 0 Å². The third kappa shape index (κ3) is 22.7. The summed E-state index contributed by atoms with van der Waals surface area (Å²) in [4.78, 5) is 10.2. The number of ether oxygens (including phenoxy) is 2. The highest BCUT2D eigenvalue weighted by molar-refractivity contribution is 7.40. The van der Waals surface area contributed by atoms with Crippen LogP contribution in [-0.2, 0) is 25.1 Å². The van der Waals surface area contributed by atoms with Crippen LogP contribution in [0.5, 0.6) is 0 Å². The van der Waals surface area contributed by atoms with E-state index in [4.69, 9.17) is 18.5 Å². The van der Waals surface area contributed by atoms with Crippen molar-refractivity contribution in [2.75, 3.05) is 47.5 Å². The summed E-state index contributed by atoms with van der Waals surface area (Å²) in [6.45, 7) is 7.00. The third-order valence-corrected chi connectivity index (χ3v) is 7.80. The van der Waals surface area contributed by atoms with E-state index in [1.807, 2.05) is 37.3 Å². The Balaban J connectivity index is 2.20. The second-order valence-corrected chi connectivity index (χ2v) is 12.9. The van der Waals surface area contributed by atoms with Crippen molar-refractivity contribution in [1.82, 2.24) is 0 Å². The first kappa shape index (κ1) is 36.4. The highest BCUT2D eigenvalue weighted by atomic mass is 31.2. The van der Waals surface area contributed by atoms with Gasteiger partial charge in [0.05, 0.1) is 40.5 Å². The van der Waals surface area contributed by atoms with Crippen LogP contribution in [0, 0.1) is 0 Å². The standard InChI is InChI=1S/C32H61NO5P/c1-6-7-8-9-10-11-12-13-14-15-16-17-18-22-26-35-30(2)32(36-28-31-23-20-19-21-24-31)29-38-39(34)37-27-25-33(3,4)5/h19-21,23-24,30,32,34H,6-18,22,25-29H2,1-5H3/q+1. The summed E-state index contributed by atoms with van der Waals surface area (Å²) in [7, 11) is 4.34. The highest BCUT2D eigenvalue weighted by Crippen LogP contribution is 2.33. The minimum atomic E-state index is -1.94. The van der Waals surface area contributed by atoms with Gasteiger partial charge in [0.2, 0.25) is 0 Å². The minimum absolute atomic E-state index is 0.134. The molecule has 0 bridgehead atoms. The second kappa shape index (κ2) is 24.1. The Morgan fingerprint density at radius 3 is 1.79 bits per heavy atom. The van der Waals surface area contributed by atoms with Crippen LogP contribution in [-0.4, -0.2) is 69.1 Å². The van der Waals surface area contributed by atoms with E-state index in [0.717, 1.165) is 29.6 Å². The minimum Gasteiger partial charge on any atom is -0.376 e. The van der Waals surface area contributed by atoms with E-state index in [0.29, 0.717) is 13.2 Å². The molecule has 3 atom stereocenters. The van der Waals surface area contributed by atoms with Gasteiger partial charge in [0.25, 0.3) is 0 Å². The van der Waals surface area contributed by atoms with Crippen LogP contribution < -0.4 is 0 Å². The average molecular weight is 571 g/mol. The van der Waals surface area contributed by atoms with Crippen molar-refractivity contribution >= 4 is 8.60 Å².